The third kappa shape index (κ3) is 4.73. The van der Waals surface area contributed by atoms with E-state index in [1.54, 1.807) is 6.92 Å². The number of ether oxygens (including phenoxy) is 1. The second kappa shape index (κ2) is 7.61. The van der Waals surface area contributed by atoms with Crippen LogP contribution in [0, 0.1) is 11.3 Å². The molecule has 0 fully saturated rings. The second-order valence-corrected chi connectivity index (χ2v) is 6.00. The summed E-state index contributed by atoms with van der Waals surface area (Å²) in [5.74, 6) is -0.836. The number of rotatable bonds is 8. The summed E-state index contributed by atoms with van der Waals surface area (Å²) in [6, 6.07) is 7.40. The van der Waals surface area contributed by atoms with Crippen molar-refractivity contribution in [1.29, 1.82) is 5.26 Å². The van der Waals surface area contributed by atoms with Gasteiger partial charge in [0.15, 0.2) is 6.61 Å². The van der Waals surface area contributed by atoms with E-state index < -0.39 is 22.6 Å². The second-order valence-electron chi connectivity index (χ2n) is 4.06. The van der Waals surface area contributed by atoms with Crippen LogP contribution in [0.2, 0.25) is 0 Å². The smallest absolute Gasteiger partial charge is 0.341 e. The number of carboxylic acid groups (broad SMARTS) is 1. The van der Waals surface area contributed by atoms with Crippen LogP contribution in [0.1, 0.15) is 13.3 Å². The molecule has 0 bridgehead atoms. The number of nitrogens with zero attached hydrogens (tertiary/aromatic N) is 2. The van der Waals surface area contributed by atoms with Gasteiger partial charge < -0.3 is 9.84 Å². The van der Waals surface area contributed by atoms with Crippen LogP contribution in [0.4, 0.5) is 0 Å². The van der Waals surface area contributed by atoms with Crippen LogP contribution in [0.25, 0.3) is 0 Å². The summed E-state index contributed by atoms with van der Waals surface area (Å²) in [5.41, 5.74) is 0. The highest BCUT2D eigenvalue weighted by molar-refractivity contribution is 7.89. The topological polar surface area (TPSA) is 108 Å². The summed E-state index contributed by atoms with van der Waals surface area (Å²) in [5, 5.41) is 17.0. The molecule has 0 aromatic heterocycles. The van der Waals surface area contributed by atoms with E-state index in [4.69, 9.17) is 15.1 Å². The molecule has 1 rings (SSSR count). The minimum Gasteiger partial charge on any atom is -0.482 e. The number of sulfonamides is 1. The van der Waals surface area contributed by atoms with Crippen LogP contribution in [-0.2, 0) is 14.8 Å². The van der Waals surface area contributed by atoms with E-state index in [1.165, 1.54) is 28.6 Å². The van der Waals surface area contributed by atoms with Gasteiger partial charge in [-0.2, -0.15) is 9.57 Å². The molecule has 0 saturated heterocycles. The van der Waals surface area contributed by atoms with E-state index in [2.05, 4.69) is 0 Å². The van der Waals surface area contributed by atoms with Crippen molar-refractivity contribution in [2.24, 2.45) is 0 Å². The first kappa shape index (κ1) is 16.9. The van der Waals surface area contributed by atoms with E-state index in [-0.39, 0.29) is 30.2 Å². The first-order valence-electron chi connectivity index (χ1n) is 6.23. The van der Waals surface area contributed by atoms with Gasteiger partial charge in [-0.25, -0.2) is 13.2 Å². The number of benzene rings is 1. The number of hydrogen-bond donors (Lipinski definition) is 1. The fourth-order valence-electron chi connectivity index (χ4n) is 1.62. The highest BCUT2D eigenvalue weighted by Crippen LogP contribution is 2.19. The Morgan fingerprint density at radius 3 is 2.48 bits per heavy atom. The average molecular weight is 312 g/mol. The van der Waals surface area contributed by atoms with E-state index in [0.717, 1.165) is 0 Å². The van der Waals surface area contributed by atoms with Crippen molar-refractivity contribution in [2.45, 2.75) is 18.2 Å². The summed E-state index contributed by atoms with van der Waals surface area (Å²) >= 11 is 0. The van der Waals surface area contributed by atoms with Crippen LogP contribution < -0.4 is 4.74 Å². The van der Waals surface area contributed by atoms with E-state index in [0.29, 0.717) is 0 Å². The average Bonchev–Trinajstić information content (AvgIpc) is 2.46. The van der Waals surface area contributed by atoms with Crippen LogP contribution in [0.3, 0.4) is 0 Å². The van der Waals surface area contributed by atoms with Crippen molar-refractivity contribution in [3.63, 3.8) is 0 Å². The Kier molecular flexibility index (Phi) is 6.14. The first-order chi connectivity index (χ1) is 9.91. The summed E-state index contributed by atoms with van der Waals surface area (Å²) in [6.45, 7) is 1.60. The monoisotopic (exact) mass is 312 g/mol. The van der Waals surface area contributed by atoms with Crippen molar-refractivity contribution in [2.75, 3.05) is 19.7 Å². The maximum Gasteiger partial charge on any atom is 0.341 e. The molecule has 0 atom stereocenters. The van der Waals surface area contributed by atoms with Gasteiger partial charge in [0.25, 0.3) is 0 Å². The third-order valence-corrected chi connectivity index (χ3v) is 4.64. The lowest BCUT2D eigenvalue weighted by molar-refractivity contribution is -0.139. The molecule has 0 spiro atoms. The zero-order valence-corrected chi connectivity index (χ0v) is 12.3. The highest BCUT2D eigenvalue weighted by Gasteiger charge is 2.22. The molecule has 1 N–H and O–H groups in total. The Morgan fingerprint density at radius 2 is 2.00 bits per heavy atom. The predicted molar refractivity (Wildman–Crippen MR) is 74.2 cm³/mol. The number of carbonyl (C=O) groups is 1. The summed E-state index contributed by atoms with van der Waals surface area (Å²) in [4.78, 5) is 10.4. The molecule has 0 aliphatic heterocycles. The fraction of sp³-hybridized carbons (Fsp3) is 0.385. The zero-order chi connectivity index (χ0) is 15.9. The molecule has 0 aliphatic carbocycles. The standard InChI is InChI=1S/C13H16N2O5S/c1-2-15(9-3-8-14)21(18,19)12-6-4-11(5-7-12)20-10-13(16)17/h4-7H,2-3,9-10H2,1H3,(H,16,17). The maximum absolute atomic E-state index is 12.3. The SMILES string of the molecule is CCN(CCC#N)S(=O)(=O)c1ccc(OCC(=O)O)cc1. The molecule has 0 aliphatic rings. The Bertz CT molecular complexity index is 619. The summed E-state index contributed by atoms with van der Waals surface area (Å²) < 4.78 is 30.8. The van der Waals surface area contributed by atoms with Gasteiger partial charge in [-0.3, -0.25) is 0 Å². The van der Waals surface area contributed by atoms with Gasteiger partial charge in [-0.05, 0) is 24.3 Å². The zero-order valence-electron chi connectivity index (χ0n) is 11.5. The normalized spacial score (nSPS) is 11.1. The van der Waals surface area contributed by atoms with Crippen LogP contribution in [0.5, 0.6) is 5.75 Å². The van der Waals surface area contributed by atoms with Crippen molar-refractivity contribution in [3.8, 4) is 11.8 Å². The van der Waals surface area contributed by atoms with Crippen LogP contribution in [-0.4, -0.2) is 43.5 Å². The molecule has 114 valence electrons. The lowest BCUT2D eigenvalue weighted by atomic mass is 10.3. The Balaban J connectivity index is 2.88. The van der Waals surface area contributed by atoms with Gasteiger partial charge in [0.2, 0.25) is 10.0 Å². The lowest BCUT2D eigenvalue weighted by Gasteiger charge is -2.19. The largest absolute Gasteiger partial charge is 0.482 e. The highest BCUT2D eigenvalue weighted by atomic mass is 32.2. The minimum atomic E-state index is -3.66. The minimum absolute atomic E-state index is 0.0740. The van der Waals surface area contributed by atoms with E-state index >= 15 is 0 Å². The van der Waals surface area contributed by atoms with Crippen molar-refractivity contribution in [3.05, 3.63) is 24.3 Å². The Labute approximate surface area is 123 Å². The van der Waals surface area contributed by atoms with Gasteiger partial charge >= 0.3 is 5.97 Å². The quantitative estimate of drug-likeness (QED) is 0.769. The van der Waals surface area contributed by atoms with Crippen molar-refractivity contribution >= 4 is 16.0 Å². The fourth-order valence-corrected chi connectivity index (χ4v) is 3.07. The molecule has 0 saturated carbocycles. The molecule has 7 nitrogen and oxygen atoms in total. The number of nitriles is 1. The van der Waals surface area contributed by atoms with Gasteiger partial charge in [-0.1, -0.05) is 6.92 Å². The predicted octanol–water partition coefficient (Wildman–Crippen LogP) is 1.07. The number of aliphatic carboxylic acids is 1. The van der Waals surface area contributed by atoms with Gasteiger partial charge in [0.1, 0.15) is 5.75 Å². The number of hydrogen-bond acceptors (Lipinski definition) is 5. The molecule has 21 heavy (non-hydrogen) atoms. The lowest BCUT2D eigenvalue weighted by Crippen LogP contribution is -2.31. The molecule has 8 heteroatoms. The summed E-state index contributed by atoms with van der Waals surface area (Å²) in [7, 11) is -3.66. The van der Waals surface area contributed by atoms with Crippen LogP contribution in [0.15, 0.2) is 29.2 Å². The molecular weight excluding hydrogens is 296 g/mol. The van der Waals surface area contributed by atoms with Gasteiger partial charge in [0.05, 0.1) is 11.0 Å². The molecule has 1 aromatic carbocycles. The molecule has 0 radical (unpaired) electrons. The van der Waals surface area contributed by atoms with Crippen LogP contribution >= 0.6 is 0 Å². The number of carboxylic acids is 1. The van der Waals surface area contributed by atoms with Crippen molar-refractivity contribution in [1.82, 2.24) is 4.31 Å². The molecule has 0 amide bonds. The van der Waals surface area contributed by atoms with E-state index in [1.807, 2.05) is 6.07 Å². The Hall–Kier alpha value is -2.11. The van der Waals surface area contributed by atoms with Gasteiger partial charge in [-0.15, -0.1) is 0 Å². The third-order valence-electron chi connectivity index (χ3n) is 2.65. The maximum atomic E-state index is 12.3. The molecule has 0 unspecified atom stereocenters. The Morgan fingerprint density at radius 1 is 1.38 bits per heavy atom. The van der Waals surface area contributed by atoms with E-state index in [9.17, 15) is 13.2 Å². The molecule has 0 heterocycles. The first-order valence-corrected chi connectivity index (χ1v) is 7.67. The van der Waals surface area contributed by atoms with Crippen molar-refractivity contribution < 1.29 is 23.1 Å². The van der Waals surface area contributed by atoms with Gasteiger partial charge in [0, 0.05) is 19.5 Å². The summed E-state index contributed by atoms with van der Waals surface area (Å²) in [6.07, 6.45) is 0.118. The molecule has 1 aromatic rings. The molecular formula is C13H16N2O5S.